The number of nitrogens with zero attached hydrogens (tertiary/aromatic N) is 1. The van der Waals surface area contributed by atoms with E-state index in [1.807, 2.05) is 0 Å². The second-order valence-corrected chi connectivity index (χ2v) is 3.39. The van der Waals surface area contributed by atoms with Gasteiger partial charge in [-0.3, -0.25) is 0 Å². The quantitative estimate of drug-likeness (QED) is 0.569. The van der Waals surface area contributed by atoms with E-state index in [0.717, 1.165) is 5.92 Å². The van der Waals surface area contributed by atoms with Gasteiger partial charge in [-0.05, 0) is 51.7 Å². The summed E-state index contributed by atoms with van der Waals surface area (Å²) in [6.45, 7) is 6.11. The molecule has 0 aliphatic carbocycles. The van der Waals surface area contributed by atoms with Gasteiger partial charge in [0, 0.05) is 6.61 Å². The molecule has 0 spiro atoms. The maximum Gasteiger partial charge on any atom is 0.0402 e. The first-order valence-corrected chi connectivity index (χ1v) is 4.70. The Hall–Kier alpha value is -0.0800. The predicted molar refractivity (Wildman–Crippen MR) is 46.5 cm³/mol. The molecular weight excluding hydrogens is 138 g/mol. The van der Waals surface area contributed by atoms with E-state index < -0.39 is 0 Å². The molecule has 3 saturated heterocycles. The van der Waals surface area contributed by atoms with Crippen molar-refractivity contribution in [2.75, 3.05) is 26.2 Å². The van der Waals surface area contributed by atoms with Crippen molar-refractivity contribution in [1.82, 2.24) is 4.90 Å². The van der Waals surface area contributed by atoms with Gasteiger partial charge in [0.15, 0.2) is 0 Å². The summed E-state index contributed by atoms with van der Waals surface area (Å²) in [4.78, 5) is 2.58. The fourth-order valence-corrected chi connectivity index (χ4v) is 1.86. The van der Waals surface area contributed by atoms with E-state index in [0.29, 0.717) is 0 Å². The number of rotatable bonds is 0. The Morgan fingerprint density at radius 2 is 1.55 bits per heavy atom. The summed E-state index contributed by atoms with van der Waals surface area (Å²) in [7, 11) is 0. The summed E-state index contributed by atoms with van der Waals surface area (Å²) in [6.07, 6.45) is 4.46. The molecule has 2 bridgehead atoms. The molecule has 11 heavy (non-hydrogen) atoms. The summed E-state index contributed by atoms with van der Waals surface area (Å²) in [5, 5.41) is 7.57. The van der Waals surface area contributed by atoms with Crippen molar-refractivity contribution in [3.63, 3.8) is 0 Å². The van der Waals surface area contributed by atoms with Crippen molar-refractivity contribution < 1.29 is 5.11 Å². The van der Waals surface area contributed by atoms with E-state index in [1.54, 1.807) is 6.92 Å². The van der Waals surface area contributed by atoms with Crippen LogP contribution >= 0.6 is 0 Å². The highest BCUT2D eigenvalue weighted by molar-refractivity contribution is 4.78. The van der Waals surface area contributed by atoms with Crippen LogP contribution in [-0.2, 0) is 0 Å². The Morgan fingerprint density at radius 3 is 1.64 bits per heavy atom. The standard InChI is InChI=1S/C7H13N.C2H6O/c1-4-8-5-2-7(1)3-6-8;1-2-3/h7H,1-6H2;3H,2H2,1H3. The average Bonchev–Trinajstić information content (AvgIpc) is 2.09. The minimum absolute atomic E-state index is 0.250. The van der Waals surface area contributed by atoms with Crippen molar-refractivity contribution in [3.8, 4) is 0 Å². The van der Waals surface area contributed by atoms with Crippen LogP contribution in [0.3, 0.4) is 0 Å². The number of fused-ring (bicyclic) bond motifs is 3. The van der Waals surface area contributed by atoms with Gasteiger partial charge in [-0.1, -0.05) is 0 Å². The molecule has 0 aromatic rings. The van der Waals surface area contributed by atoms with E-state index in [2.05, 4.69) is 4.90 Å². The van der Waals surface area contributed by atoms with E-state index in [4.69, 9.17) is 5.11 Å². The van der Waals surface area contributed by atoms with Gasteiger partial charge in [0.2, 0.25) is 0 Å². The normalized spacial score (nSPS) is 34.4. The summed E-state index contributed by atoms with van der Waals surface area (Å²) in [6, 6.07) is 0. The smallest absolute Gasteiger partial charge is 0.0402 e. The van der Waals surface area contributed by atoms with Gasteiger partial charge in [-0.25, -0.2) is 0 Å². The van der Waals surface area contributed by atoms with Crippen LogP contribution in [0.25, 0.3) is 0 Å². The molecule has 0 radical (unpaired) electrons. The Kier molecular flexibility index (Phi) is 3.87. The van der Waals surface area contributed by atoms with Crippen molar-refractivity contribution in [2.45, 2.75) is 26.2 Å². The molecule has 66 valence electrons. The van der Waals surface area contributed by atoms with E-state index in [-0.39, 0.29) is 6.61 Å². The zero-order valence-corrected chi connectivity index (χ0v) is 7.42. The molecule has 3 fully saturated rings. The zero-order valence-electron chi connectivity index (χ0n) is 7.42. The maximum absolute atomic E-state index is 7.57. The van der Waals surface area contributed by atoms with Crippen LogP contribution in [-0.4, -0.2) is 36.2 Å². The van der Waals surface area contributed by atoms with Crippen molar-refractivity contribution in [1.29, 1.82) is 0 Å². The summed E-state index contributed by atoms with van der Waals surface area (Å²) < 4.78 is 0. The first-order valence-electron chi connectivity index (χ1n) is 4.70. The topological polar surface area (TPSA) is 23.5 Å². The van der Waals surface area contributed by atoms with Gasteiger partial charge < -0.3 is 10.0 Å². The molecule has 3 aliphatic heterocycles. The Bertz CT molecular complexity index is 74.7. The summed E-state index contributed by atoms with van der Waals surface area (Å²) in [5.74, 6) is 1.11. The number of piperidine rings is 3. The molecule has 2 nitrogen and oxygen atoms in total. The number of aliphatic hydroxyl groups is 1. The van der Waals surface area contributed by atoms with Crippen LogP contribution in [0.5, 0.6) is 0 Å². The van der Waals surface area contributed by atoms with Crippen molar-refractivity contribution in [2.24, 2.45) is 5.92 Å². The molecule has 0 aromatic carbocycles. The van der Waals surface area contributed by atoms with Gasteiger partial charge >= 0.3 is 0 Å². The minimum Gasteiger partial charge on any atom is -0.397 e. The number of aliphatic hydroxyl groups excluding tert-OH is 1. The number of hydrogen-bond acceptors (Lipinski definition) is 2. The molecule has 0 aromatic heterocycles. The lowest BCUT2D eigenvalue weighted by Crippen LogP contribution is -2.41. The third kappa shape index (κ3) is 2.80. The predicted octanol–water partition coefficient (Wildman–Crippen LogP) is 1.10. The first-order chi connectivity index (χ1) is 5.36. The van der Waals surface area contributed by atoms with Crippen molar-refractivity contribution >= 4 is 0 Å². The van der Waals surface area contributed by atoms with E-state index in [9.17, 15) is 0 Å². The molecule has 1 N–H and O–H groups in total. The lowest BCUT2D eigenvalue weighted by Gasteiger charge is -2.38. The molecule has 0 saturated carbocycles. The van der Waals surface area contributed by atoms with E-state index >= 15 is 0 Å². The van der Waals surface area contributed by atoms with E-state index in [1.165, 1.54) is 38.9 Å². The maximum atomic E-state index is 7.57. The third-order valence-electron chi connectivity index (χ3n) is 2.56. The van der Waals surface area contributed by atoms with Gasteiger partial charge in [0.05, 0.1) is 0 Å². The van der Waals surface area contributed by atoms with Gasteiger partial charge in [-0.15, -0.1) is 0 Å². The van der Waals surface area contributed by atoms with Crippen LogP contribution in [0, 0.1) is 5.92 Å². The second kappa shape index (κ2) is 4.73. The highest BCUT2D eigenvalue weighted by Gasteiger charge is 2.24. The third-order valence-corrected chi connectivity index (χ3v) is 2.56. The van der Waals surface area contributed by atoms with Gasteiger partial charge in [0.25, 0.3) is 0 Å². The molecule has 2 heteroatoms. The first kappa shape index (κ1) is 9.01. The molecule has 0 amide bonds. The van der Waals surface area contributed by atoms with Crippen LogP contribution in [0.1, 0.15) is 26.2 Å². The molecule has 0 atom stereocenters. The highest BCUT2D eigenvalue weighted by Crippen LogP contribution is 2.26. The van der Waals surface area contributed by atoms with Gasteiger partial charge in [-0.2, -0.15) is 0 Å². The van der Waals surface area contributed by atoms with Gasteiger partial charge in [0.1, 0.15) is 0 Å². The largest absolute Gasteiger partial charge is 0.397 e. The lowest BCUT2D eigenvalue weighted by atomic mass is 9.89. The molecular formula is C9H19NO. The fraction of sp³-hybridized carbons (Fsp3) is 1.00. The molecule has 3 rings (SSSR count). The van der Waals surface area contributed by atoms with Crippen LogP contribution < -0.4 is 0 Å². The molecule has 3 aliphatic rings. The average molecular weight is 157 g/mol. The minimum atomic E-state index is 0.250. The summed E-state index contributed by atoms with van der Waals surface area (Å²) in [5.41, 5.74) is 0. The lowest BCUT2D eigenvalue weighted by molar-refractivity contribution is 0.111. The van der Waals surface area contributed by atoms with Crippen molar-refractivity contribution in [3.05, 3.63) is 0 Å². The Balaban J connectivity index is 0.000000179. The Morgan fingerprint density at radius 1 is 1.18 bits per heavy atom. The zero-order chi connectivity index (χ0) is 8.10. The van der Waals surface area contributed by atoms with Crippen LogP contribution in [0.4, 0.5) is 0 Å². The monoisotopic (exact) mass is 157 g/mol. The number of hydrogen-bond donors (Lipinski definition) is 1. The molecule has 0 unspecified atom stereocenters. The Labute approximate surface area is 69.2 Å². The second-order valence-electron chi connectivity index (χ2n) is 3.39. The fourth-order valence-electron chi connectivity index (χ4n) is 1.86. The SMILES string of the molecule is C1CN2CCC1CC2.CCO. The van der Waals surface area contributed by atoms with Crippen LogP contribution in [0.15, 0.2) is 0 Å². The molecule has 3 heterocycles. The highest BCUT2D eigenvalue weighted by atomic mass is 16.2. The summed E-state index contributed by atoms with van der Waals surface area (Å²) >= 11 is 0. The van der Waals surface area contributed by atoms with Crippen LogP contribution in [0.2, 0.25) is 0 Å².